The lowest BCUT2D eigenvalue weighted by Crippen LogP contribution is -2.11. The summed E-state index contributed by atoms with van der Waals surface area (Å²) in [5.74, 6) is -1.35. The van der Waals surface area contributed by atoms with Crippen molar-refractivity contribution < 1.29 is 19.8 Å². The third kappa shape index (κ3) is 9.79. The van der Waals surface area contributed by atoms with Gasteiger partial charge in [0.2, 0.25) is 0 Å². The van der Waals surface area contributed by atoms with Gasteiger partial charge in [0.05, 0.1) is 11.0 Å². The monoisotopic (exact) mass is 998 g/mol. The van der Waals surface area contributed by atoms with E-state index >= 15 is 0 Å². The maximum absolute atomic E-state index is 11.5. The van der Waals surface area contributed by atoms with Gasteiger partial charge >= 0.3 is 11.9 Å². The first kappa shape index (κ1) is 48.5. The van der Waals surface area contributed by atoms with Crippen LogP contribution in [0.25, 0.3) is 96.2 Å². The lowest BCUT2D eigenvalue weighted by molar-refractivity contribution is -0.133. The van der Waals surface area contributed by atoms with Crippen molar-refractivity contribution in [1.29, 1.82) is 10.5 Å². The van der Waals surface area contributed by atoms with Gasteiger partial charge in [-0.2, -0.15) is 10.5 Å². The third-order valence-electron chi connectivity index (χ3n) is 13.6. The molecule has 0 saturated carbocycles. The predicted molar refractivity (Wildman–Crippen MR) is 295 cm³/mol. The second-order valence-electron chi connectivity index (χ2n) is 18.1. The van der Waals surface area contributed by atoms with Crippen molar-refractivity contribution in [3.63, 3.8) is 0 Å². The lowest BCUT2D eigenvalue weighted by Gasteiger charge is -2.19. The summed E-state index contributed by atoms with van der Waals surface area (Å²) in [6, 6.07) is 38.8. The number of aromatic nitrogens is 2. The SMILES string of the molecule is CCCCC(CC)Cn1c2ccc(-c3ccc(-c4ccc(/C=C(\C#N)C(=O)O)s4)s3)cc2c2cc3c4cc(-c5ccc(-c6ccc(/C=C(\C#N)C(=O)O)s6)s5)ccc4n(CC(CC)CCCC)c3cc21. The zero-order valence-corrected chi connectivity index (χ0v) is 43.0. The number of unbranched alkanes of at least 4 members (excludes halogenated alkanes) is 2. The van der Waals surface area contributed by atoms with E-state index in [0.717, 1.165) is 76.1 Å². The molecule has 354 valence electrons. The summed E-state index contributed by atoms with van der Waals surface area (Å²) in [5, 5.41) is 42.4. The van der Waals surface area contributed by atoms with Crippen LogP contribution < -0.4 is 0 Å². The molecular formula is C58H54N4O4S4. The molecule has 6 heterocycles. The molecular weight excluding hydrogens is 945 g/mol. The molecule has 8 nitrogen and oxygen atoms in total. The number of hydrogen-bond donors (Lipinski definition) is 2. The van der Waals surface area contributed by atoms with Gasteiger partial charge in [-0.25, -0.2) is 9.59 Å². The Morgan fingerprint density at radius 1 is 0.514 bits per heavy atom. The van der Waals surface area contributed by atoms with Crippen LogP contribution in [-0.4, -0.2) is 31.3 Å². The number of carboxylic acids is 2. The van der Waals surface area contributed by atoms with Crippen LogP contribution in [0, 0.1) is 34.5 Å². The minimum atomic E-state index is -1.23. The minimum absolute atomic E-state index is 0.281. The van der Waals surface area contributed by atoms with Crippen molar-refractivity contribution in [2.24, 2.45) is 11.8 Å². The molecule has 2 N–H and O–H groups in total. The van der Waals surface area contributed by atoms with E-state index in [2.05, 4.69) is 110 Å². The van der Waals surface area contributed by atoms with Crippen molar-refractivity contribution in [3.8, 4) is 52.5 Å². The lowest BCUT2D eigenvalue weighted by atomic mass is 9.99. The predicted octanol–water partition coefficient (Wildman–Crippen LogP) is 17.2. The highest BCUT2D eigenvalue weighted by Crippen LogP contribution is 2.45. The van der Waals surface area contributed by atoms with E-state index in [9.17, 15) is 30.3 Å². The topological polar surface area (TPSA) is 132 Å². The molecule has 12 heteroatoms. The number of hydrogen-bond acceptors (Lipinski definition) is 8. The van der Waals surface area contributed by atoms with Gasteiger partial charge in [-0.15, -0.1) is 45.3 Å². The molecule has 0 saturated heterocycles. The Hall–Kier alpha value is -6.54. The Bertz CT molecular complexity index is 3340. The van der Waals surface area contributed by atoms with Gasteiger partial charge in [-0.1, -0.05) is 78.4 Å². The van der Waals surface area contributed by atoms with Gasteiger partial charge < -0.3 is 19.3 Å². The van der Waals surface area contributed by atoms with E-state index in [4.69, 9.17) is 0 Å². The molecule has 0 fully saturated rings. The fourth-order valence-corrected chi connectivity index (χ4v) is 13.8. The van der Waals surface area contributed by atoms with E-state index in [-0.39, 0.29) is 11.1 Å². The first-order valence-electron chi connectivity index (χ1n) is 24.2. The molecule has 0 amide bonds. The zero-order chi connectivity index (χ0) is 49.1. The number of benzene rings is 3. The quantitative estimate of drug-likeness (QED) is 0.0577. The number of thiophene rings is 4. The van der Waals surface area contributed by atoms with Crippen LogP contribution in [0.5, 0.6) is 0 Å². The fraction of sp³-hybridized carbons (Fsp3) is 0.276. The van der Waals surface area contributed by atoms with Crippen molar-refractivity contribution in [1.82, 2.24) is 9.13 Å². The zero-order valence-electron chi connectivity index (χ0n) is 39.8. The third-order valence-corrected chi connectivity index (χ3v) is 18.3. The molecule has 70 heavy (non-hydrogen) atoms. The average molecular weight is 999 g/mol. The summed E-state index contributed by atoms with van der Waals surface area (Å²) in [6.07, 6.45) is 12.3. The highest BCUT2D eigenvalue weighted by Gasteiger charge is 2.22. The molecule has 0 bridgehead atoms. The van der Waals surface area contributed by atoms with E-state index in [1.807, 2.05) is 24.3 Å². The van der Waals surface area contributed by atoms with Crippen LogP contribution in [0.2, 0.25) is 0 Å². The molecule has 2 unspecified atom stereocenters. The summed E-state index contributed by atoms with van der Waals surface area (Å²) >= 11 is 6.40. The minimum Gasteiger partial charge on any atom is -0.477 e. The summed E-state index contributed by atoms with van der Waals surface area (Å²) in [6.45, 7) is 11.1. The van der Waals surface area contributed by atoms with Crippen molar-refractivity contribution in [3.05, 3.63) is 118 Å². The van der Waals surface area contributed by atoms with Crippen LogP contribution in [-0.2, 0) is 22.7 Å². The van der Waals surface area contributed by atoms with Crippen molar-refractivity contribution >= 4 is 113 Å². The Labute approximate surface area is 424 Å². The fourth-order valence-electron chi connectivity index (χ4n) is 9.68. The standard InChI is InChI=1S/C58H54N4O4S4/c1-5-9-11-35(7-3)33-61-47-17-13-37(51-21-23-55(69-51)53-19-15-41(67-53)25-39(31-59)57(63)64)27-43(47)45-29-46-44-28-38(14-18-48(44)62(50(46)30-49(45)61)34-36(8-4)12-10-6-2)52-22-24-56(70-52)54-20-16-42(68-54)26-40(32-60)58(65)66/h13-30,35-36H,5-12,33-34H2,1-4H3,(H,63,64)(H,65,66)/b39-25+,40-26+. The normalized spacial score (nSPS) is 13.1. The van der Waals surface area contributed by atoms with Crippen LogP contribution in [0.3, 0.4) is 0 Å². The molecule has 0 aliphatic carbocycles. The van der Waals surface area contributed by atoms with Gasteiger partial charge in [0.25, 0.3) is 0 Å². The Morgan fingerprint density at radius 3 is 1.29 bits per heavy atom. The number of fused-ring (bicyclic) bond motifs is 6. The van der Waals surface area contributed by atoms with Gasteiger partial charge in [0.1, 0.15) is 23.3 Å². The molecule has 6 aromatic heterocycles. The second kappa shape index (κ2) is 21.2. The largest absolute Gasteiger partial charge is 0.477 e. The molecule has 9 rings (SSSR count). The van der Waals surface area contributed by atoms with Gasteiger partial charge in [0.15, 0.2) is 0 Å². The van der Waals surface area contributed by atoms with Crippen LogP contribution >= 0.6 is 45.3 Å². The number of aliphatic carboxylic acids is 2. The maximum atomic E-state index is 11.5. The number of nitrogens with zero attached hydrogens (tertiary/aromatic N) is 4. The van der Waals surface area contributed by atoms with Gasteiger partial charge in [-0.05, 0) is 133 Å². The summed E-state index contributed by atoms with van der Waals surface area (Å²) in [5.41, 5.74) is 6.76. The highest BCUT2D eigenvalue weighted by atomic mass is 32.1. The highest BCUT2D eigenvalue weighted by molar-refractivity contribution is 7.24. The molecule has 0 radical (unpaired) electrons. The van der Waals surface area contributed by atoms with E-state index in [0.29, 0.717) is 11.8 Å². The van der Waals surface area contributed by atoms with Crippen LogP contribution in [0.15, 0.2) is 108 Å². The molecule has 2 atom stereocenters. The molecule has 9 aromatic rings. The Balaban J connectivity index is 1.18. The number of rotatable bonds is 20. The van der Waals surface area contributed by atoms with Crippen LogP contribution in [0.4, 0.5) is 0 Å². The smallest absolute Gasteiger partial charge is 0.346 e. The first-order chi connectivity index (χ1) is 34.0. The molecule has 0 spiro atoms. The first-order valence-corrected chi connectivity index (χ1v) is 27.4. The average Bonchev–Trinajstić information content (AvgIpc) is 4.25. The summed E-state index contributed by atoms with van der Waals surface area (Å²) < 4.78 is 5.21. The maximum Gasteiger partial charge on any atom is 0.346 e. The van der Waals surface area contributed by atoms with E-state index in [1.54, 1.807) is 34.8 Å². The van der Waals surface area contributed by atoms with Crippen molar-refractivity contribution in [2.75, 3.05) is 0 Å². The Kier molecular flexibility index (Phi) is 14.7. The van der Waals surface area contributed by atoms with E-state index < -0.39 is 11.9 Å². The van der Waals surface area contributed by atoms with Crippen LogP contribution in [0.1, 0.15) is 88.8 Å². The summed E-state index contributed by atoms with van der Waals surface area (Å²) in [4.78, 5) is 31.0. The number of carboxylic acid groups (broad SMARTS) is 2. The van der Waals surface area contributed by atoms with Crippen molar-refractivity contribution in [2.45, 2.75) is 92.2 Å². The molecule has 3 aromatic carbocycles. The molecule has 0 aliphatic rings. The molecule has 0 aliphatic heterocycles. The number of nitriles is 2. The Morgan fingerprint density at radius 2 is 0.900 bits per heavy atom. The second-order valence-corrected chi connectivity index (χ2v) is 22.5. The van der Waals surface area contributed by atoms with Gasteiger partial charge in [-0.3, -0.25) is 0 Å². The van der Waals surface area contributed by atoms with Gasteiger partial charge in [0, 0.05) is 84.7 Å². The summed E-state index contributed by atoms with van der Waals surface area (Å²) in [7, 11) is 0. The van der Waals surface area contributed by atoms with E-state index in [1.165, 1.54) is 117 Å². The number of carbonyl (C=O) groups is 2.